The summed E-state index contributed by atoms with van der Waals surface area (Å²) in [4.78, 5) is 11.8. The zero-order valence-corrected chi connectivity index (χ0v) is 15.5. The van der Waals surface area contributed by atoms with Crippen molar-refractivity contribution >= 4 is 27.4 Å². The summed E-state index contributed by atoms with van der Waals surface area (Å²) >= 11 is 5.80. The van der Waals surface area contributed by atoms with E-state index in [-0.39, 0.29) is 4.90 Å². The van der Waals surface area contributed by atoms with Gasteiger partial charge in [-0.25, -0.2) is 8.42 Å². The number of carboxylic acid groups (broad SMARTS) is 1. The van der Waals surface area contributed by atoms with Crippen molar-refractivity contribution in [3.8, 4) is 6.07 Å². The van der Waals surface area contributed by atoms with Gasteiger partial charge >= 0.3 is 5.97 Å². The first kappa shape index (κ1) is 18.4. The number of hydrogen-bond donors (Lipinski definition) is 1. The zero-order valence-electron chi connectivity index (χ0n) is 13.9. The van der Waals surface area contributed by atoms with Crippen LogP contribution in [0, 0.1) is 16.7 Å². The molecule has 1 fully saturated rings. The van der Waals surface area contributed by atoms with Crippen LogP contribution in [0.5, 0.6) is 0 Å². The van der Waals surface area contributed by atoms with Crippen molar-refractivity contribution in [2.45, 2.75) is 29.4 Å². The number of carboxylic acids is 1. The lowest BCUT2D eigenvalue weighted by molar-refractivity contribution is -0.141. The Morgan fingerprint density at radius 3 is 2.23 bits per heavy atom. The maximum Gasteiger partial charge on any atom is 0.326 e. The standard InChI is InChI=1S/C19H16ClNO4S/c1-2-12-3-5-13(6-4-12)16-17(19(16,11-21)18(22)23)26(24,25)15-9-7-14(20)8-10-15/h3-10,16-17H,2H2,1H3,(H,22,23)/t16-,17+,19-/m1/s1. The van der Waals surface area contributed by atoms with Crippen LogP contribution in [0.15, 0.2) is 53.4 Å². The minimum atomic E-state index is -4.02. The Morgan fingerprint density at radius 2 is 1.77 bits per heavy atom. The Kier molecular flexibility index (Phi) is 4.55. The lowest BCUT2D eigenvalue weighted by atomic mass is 9.99. The summed E-state index contributed by atoms with van der Waals surface area (Å²) in [7, 11) is -4.02. The van der Waals surface area contributed by atoms with Crippen molar-refractivity contribution in [2.24, 2.45) is 5.41 Å². The van der Waals surface area contributed by atoms with Crippen LogP contribution in [0.3, 0.4) is 0 Å². The van der Waals surface area contributed by atoms with Gasteiger partial charge in [-0.15, -0.1) is 0 Å². The SMILES string of the molecule is CCc1ccc([C@@H]2[C@H](S(=O)(=O)c3ccc(Cl)cc3)[C@]2(C#N)C(=O)O)cc1. The van der Waals surface area contributed by atoms with Gasteiger partial charge in [-0.3, -0.25) is 4.79 Å². The molecular weight excluding hydrogens is 374 g/mol. The number of sulfone groups is 1. The average molecular weight is 390 g/mol. The number of benzene rings is 2. The predicted octanol–water partition coefficient (Wildman–Crippen LogP) is 3.44. The second kappa shape index (κ2) is 6.42. The summed E-state index contributed by atoms with van der Waals surface area (Å²) in [5.74, 6) is -2.34. The van der Waals surface area contributed by atoms with E-state index >= 15 is 0 Å². The molecule has 0 unspecified atom stereocenters. The highest BCUT2D eigenvalue weighted by molar-refractivity contribution is 7.92. The molecule has 1 aliphatic carbocycles. The maximum absolute atomic E-state index is 13.0. The first-order chi connectivity index (χ1) is 12.3. The molecule has 1 aliphatic rings. The van der Waals surface area contributed by atoms with E-state index in [1.807, 2.05) is 19.1 Å². The topological polar surface area (TPSA) is 95.2 Å². The molecule has 1 N–H and O–H groups in total. The predicted molar refractivity (Wildman–Crippen MR) is 96.7 cm³/mol. The maximum atomic E-state index is 13.0. The molecule has 7 heteroatoms. The lowest BCUT2D eigenvalue weighted by Gasteiger charge is -2.05. The summed E-state index contributed by atoms with van der Waals surface area (Å²) in [6.45, 7) is 1.98. The second-order valence-electron chi connectivity index (χ2n) is 6.28. The molecule has 0 aromatic heterocycles. The zero-order chi connectivity index (χ0) is 19.1. The van der Waals surface area contributed by atoms with E-state index in [9.17, 15) is 23.6 Å². The summed E-state index contributed by atoms with van der Waals surface area (Å²) in [5, 5.41) is 18.3. The van der Waals surface area contributed by atoms with Gasteiger partial charge in [0.1, 0.15) is 5.25 Å². The molecule has 0 spiro atoms. The third-order valence-electron chi connectivity index (χ3n) is 4.90. The van der Waals surface area contributed by atoms with Crippen LogP contribution in [0.25, 0.3) is 0 Å². The van der Waals surface area contributed by atoms with Gasteiger partial charge in [-0.2, -0.15) is 5.26 Å². The Labute approximate surface area is 156 Å². The van der Waals surface area contributed by atoms with Gasteiger partial charge in [0.15, 0.2) is 15.3 Å². The number of aliphatic carboxylic acids is 1. The second-order valence-corrected chi connectivity index (χ2v) is 8.78. The molecule has 0 aliphatic heterocycles. The monoisotopic (exact) mass is 389 g/mol. The molecule has 1 saturated carbocycles. The molecule has 0 amide bonds. The van der Waals surface area contributed by atoms with Crippen molar-refractivity contribution in [1.29, 1.82) is 5.26 Å². The van der Waals surface area contributed by atoms with Crippen LogP contribution in [0.4, 0.5) is 0 Å². The molecule has 0 radical (unpaired) electrons. The smallest absolute Gasteiger partial charge is 0.326 e. The molecule has 26 heavy (non-hydrogen) atoms. The Balaban J connectivity index is 2.10. The van der Waals surface area contributed by atoms with E-state index in [0.717, 1.165) is 12.0 Å². The molecule has 134 valence electrons. The van der Waals surface area contributed by atoms with E-state index in [1.165, 1.54) is 24.3 Å². The van der Waals surface area contributed by atoms with Gasteiger partial charge < -0.3 is 5.11 Å². The van der Waals surface area contributed by atoms with Crippen LogP contribution >= 0.6 is 11.6 Å². The van der Waals surface area contributed by atoms with E-state index in [0.29, 0.717) is 10.6 Å². The quantitative estimate of drug-likeness (QED) is 0.845. The fraction of sp³-hybridized carbons (Fsp3) is 0.263. The van der Waals surface area contributed by atoms with Crippen molar-refractivity contribution < 1.29 is 18.3 Å². The highest BCUT2D eigenvalue weighted by atomic mass is 35.5. The van der Waals surface area contributed by atoms with Crippen LogP contribution in [0.2, 0.25) is 5.02 Å². The largest absolute Gasteiger partial charge is 0.480 e. The number of nitriles is 1. The van der Waals surface area contributed by atoms with Crippen molar-refractivity contribution in [1.82, 2.24) is 0 Å². The number of rotatable bonds is 5. The minimum absolute atomic E-state index is 0.0412. The Morgan fingerprint density at radius 1 is 1.19 bits per heavy atom. The fourth-order valence-corrected chi connectivity index (χ4v) is 5.76. The van der Waals surface area contributed by atoms with Crippen molar-refractivity contribution in [3.63, 3.8) is 0 Å². The van der Waals surface area contributed by atoms with Gasteiger partial charge in [0, 0.05) is 10.9 Å². The average Bonchev–Trinajstić information content (AvgIpc) is 3.34. The summed E-state index contributed by atoms with van der Waals surface area (Å²) in [5.41, 5.74) is -0.412. The molecule has 0 heterocycles. The van der Waals surface area contributed by atoms with Crippen LogP contribution in [-0.2, 0) is 21.1 Å². The number of aryl methyl sites for hydroxylation is 1. The normalized spacial score (nSPS) is 24.7. The first-order valence-electron chi connectivity index (χ1n) is 8.02. The summed E-state index contributed by atoms with van der Waals surface area (Å²) < 4.78 is 26.1. The molecule has 0 bridgehead atoms. The van der Waals surface area contributed by atoms with Gasteiger partial charge in [-0.05, 0) is 41.8 Å². The van der Waals surface area contributed by atoms with E-state index in [2.05, 4.69) is 0 Å². The number of halogens is 1. The molecule has 0 saturated heterocycles. The van der Waals surface area contributed by atoms with E-state index < -0.39 is 32.4 Å². The van der Waals surface area contributed by atoms with Crippen molar-refractivity contribution in [2.75, 3.05) is 0 Å². The lowest BCUT2D eigenvalue weighted by Crippen LogP contribution is -2.22. The van der Waals surface area contributed by atoms with Gasteiger partial charge in [0.25, 0.3) is 0 Å². The molecule has 5 nitrogen and oxygen atoms in total. The van der Waals surface area contributed by atoms with Gasteiger partial charge in [0.2, 0.25) is 0 Å². The van der Waals surface area contributed by atoms with Gasteiger partial charge in [-0.1, -0.05) is 42.8 Å². The fourth-order valence-electron chi connectivity index (χ4n) is 3.38. The molecule has 3 rings (SSSR count). The van der Waals surface area contributed by atoms with Crippen LogP contribution in [-0.4, -0.2) is 24.7 Å². The molecule has 2 aromatic rings. The summed E-state index contributed by atoms with van der Waals surface area (Å²) in [6.07, 6.45) is 0.805. The number of hydrogen-bond acceptors (Lipinski definition) is 4. The van der Waals surface area contributed by atoms with Crippen molar-refractivity contribution in [3.05, 3.63) is 64.7 Å². The third kappa shape index (κ3) is 2.68. The molecular formula is C19H16ClNO4S. The molecule has 2 aromatic carbocycles. The van der Waals surface area contributed by atoms with E-state index in [1.54, 1.807) is 18.2 Å². The third-order valence-corrected chi connectivity index (χ3v) is 7.39. The highest BCUT2D eigenvalue weighted by Gasteiger charge is 2.77. The number of carbonyl (C=O) groups is 1. The molecule has 3 atom stereocenters. The first-order valence-corrected chi connectivity index (χ1v) is 9.94. The van der Waals surface area contributed by atoms with Crippen LogP contribution < -0.4 is 0 Å². The minimum Gasteiger partial charge on any atom is -0.480 e. The Hall–Kier alpha value is -2.36. The van der Waals surface area contributed by atoms with Crippen LogP contribution in [0.1, 0.15) is 24.0 Å². The number of nitrogens with zero attached hydrogens (tertiary/aromatic N) is 1. The highest BCUT2D eigenvalue weighted by Crippen LogP contribution is 2.64. The Bertz CT molecular complexity index is 993. The van der Waals surface area contributed by atoms with E-state index in [4.69, 9.17) is 11.6 Å². The van der Waals surface area contributed by atoms with Gasteiger partial charge in [0.05, 0.1) is 11.0 Å². The summed E-state index contributed by atoms with van der Waals surface area (Å²) in [6, 6.07) is 14.3.